The van der Waals surface area contributed by atoms with Gasteiger partial charge >= 0.3 is 5.97 Å². The number of hydrogen-bond donors (Lipinski definition) is 2. The number of carbonyl (C=O) groups excluding carboxylic acids is 2. The van der Waals surface area contributed by atoms with E-state index in [9.17, 15) is 14.4 Å². The van der Waals surface area contributed by atoms with Gasteiger partial charge in [-0.05, 0) is 31.0 Å². The van der Waals surface area contributed by atoms with Crippen LogP contribution in [0.1, 0.15) is 36.7 Å². The van der Waals surface area contributed by atoms with Crippen LogP contribution < -0.4 is 5.32 Å². The Kier molecular flexibility index (Phi) is 6.56. The molecule has 22 heavy (non-hydrogen) atoms. The zero-order chi connectivity index (χ0) is 16.7. The van der Waals surface area contributed by atoms with E-state index in [1.165, 1.54) is 18.7 Å². The maximum Gasteiger partial charge on any atom is 0.326 e. The van der Waals surface area contributed by atoms with Crippen molar-refractivity contribution >= 4 is 17.8 Å². The van der Waals surface area contributed by atoms with Gasteiger partial charge in [0.1, 0.15) is 6.04 Å². The van der Waals surface area contributed by atoms with Gasteiger partial charge in [-0.2, -0.15) is 0 Å². The minimum atomic E-state index is -1.08. The lowest BCUT2D eigenvalue weighted by molar-refractivity contribution is -0.141. The summed E-state index contributed by atoms with van der Waals surface area (Å²) in [6.07, 6.45) is 0.867. The Morgan fingerprint density at radius 3 is 2.27 bits per heavy atom. The van der Waals surface area contributed by atoms with E-state index in [0.717, 1.165) is 12.0 Å². The highest BCUT2D eigenvalue weighted by Gasteiger charge is 2.26. The highest BCUT2D eigenvalue weighted by Crippen LogP contribution is 2.11. The highest BCUT2D eigenvalue weighted by molar-refractivity contribution is 5.96. The molecule has 0 bridgehead atoms. The summed E-state index contributed by atoms with van der Waals surface area (Å²) in [6.45, 7) is 5.20. The molecule has 1 atom stereocenters. The number of benzene rings is 1. The summed E-state index contributed by atoms with van der Waals surface area (Å²) in [7, 11) is 0. The molecule has 0 aliphatic rings. The quantitative estimate of drug-likeness (QED) is 0.795. The molecule has 1 aromatic carbocycles. The van der Waals surface area contributed by atoms with Crippen molar-refractivity contribution in [1.82, 2.24) is 10.2 Å². The van der Waals surface area contributed by atoms with Crippen molar-refractivity contribution in [2.45, 2.75) is 33.2 Å². The number of hydrogen-bond acceptors (Lipinski definition) is 3. The lowest BCUT2D eigenvalue weighted by Gasteiger charge is -2.26. The fraction of sp³-hybridized carbons (Fsp3) is 0.438. The Hall–Kier alpha value is -2.37. The topological polar surface area (TPSA) is 86.7 Å². The van der Waals surface area contributed by atoms with Crippen LogP contribution in [0.3, 0.4) is 0 Å². The zero-order valence-corrected chi connectivity index (χ0v) is 13.1. The fourth-order valence-electron chi connectivity index (χ4n) is 2.01. The molecular weight excluding hydrogens is 284 g/mol. The molecule has 0 aliphatic carbocycles. The maximum atomic E-state index is 12.5. The molecule has 6 heteroatoms. The van der Waals surface area contributed by atoms with Crippen LogP contribution in [0.4, 0.5) is 0 Å². The average molecular weight is 306 g/mol. The van der Waals surface area contributed by atoms with E-state index in [2.05, 4.69) is 5.32 Å². The fourth-order valence-corrected chi connectivity index (χ4v) is 2.01. The predicted octanol–water partition coefficient (Wildman–Crippen LogP) is 1.30. The molecular formula is C16H22N2O4. The smallest absolute Gasteiger partial charge is 0.326 e. The van der Waals surface area contributed by atoms with Gasteiger partial charge in [0, 0.05) is 25.6 Å². The SMILES string of the molecule is CCc1ccc(C(=O)N(CCNC(C)=O)C(C)C(=O)O)cc1. The van der Waals surface area contributed by atoms with Gasteiger partial charge in [0.2, 0.25) is 5.91 Å². The summed E-state index contributed by atoms with van der Waals surface area (Å²) in [5.41, 5.74) is 1.54. The molecule has 1 unspecified atom stereocenters. The Morgan fingerprint density at radius 1 is 1.23 bits per heavy atom. The number of aryl methyl sites for hydroxylation is 1. The second-order valence-corrected chi connectivity index (χ2v) is 5.05. The lowest BCUT2D eigenvalue weighted by Crippen LogP contribution is -2.46. The van der Waals surface area contributed by atoms with Crippen LogP contribution in [0.25, 0.3) is 0 Å². The third-order valence-corrected chi connectivity index (χ3v) is 3.42. The largest absolute Gasteiger partial charge is 0.480 e. The molecule has 0 radical (unpaired) electrons. The van der Waals surface area contributed by atoms with Crippen LogP contribution in [-0.4, -0.2) is 46.9 Å². The van der Waals surface area contributed by atoms with Crippen molar-refractivity contribution < 1.29 is 19.5 Å². The van der Waals surface area contributed by atoms with Crippen LogP contribution in [0.2, 0.25) is 0 Å². The Labute approximate surface area is 130 Å². The van der Waals surface area contributed by atoms with Crippen LogP contribution in [0, 0.1) is 0 Å². The van der Waals surface area contributed by atoms with Crippen LogP contribution >= 0.6 is 0 Å². The molecule has 0 spiro atoms. The summed E-state index contributed by atoms with van der Waals surface area (Å²) in [6, 6.07) is 6.13. The standard InChI is InChI=1S/C16H22N2O4/c1-4-13-5-7-14(8-6-13)15(20)18(11(2)16(21)22)10-9-17-12(3)19/h5-8,11H,4,9-10H2,1-3H3,(H,17,19)(H,21,22). The van der Waals surface area contributed by atoms with Gasteiger partial charge in [-0.15, -0.1) is 0 Å². The minimum Gasteiger partial charge on any atom is -0.480 e. The number of carboxylic acid groups (broad SMARTS) is 1. The molecule has 0 fully saturated rings. The van der Waals surface area contributed by atoms with Crippen LogP contribution in [0.5, 0.6) is 0 Å². The molecule has 0 saturated carbocycles. The number of rotatable bonds is 7. The van der Waals surface area contributed by atoms with Crippen LogP contribution in [0.15, 0.2) is 24.3 Å². The molecule has 1 aromatic rings. The second-order valence-electron chi connectivity index (χ2n) is 5.05. The third kappa shape index (κ3) is 4.87. The van der Waals surface area contributed by atoms with E-state index >= 15 is 0 Å². The van der Waals surface area contributed by atoms with Crippen molar-refractivity contribution in [2.24, 2.45) is 0 Å². The maximum absolute atomic E-state index is 12.5. The van der Waals surface area contributed by atoms with Gasteiger partial charge in [-0.25, -0.2) is 4.79 Å². The van der Waals surface area contributed by atoms with Gasteiger partial charge < -0.3 is 15.3 Å². The van der Waals surface area contributed by atoms with Crippen molar-refractivity contribution in [3.05, 3.63) is 35.4 Å². The minimum absolute atomic E-state index is 0.140. The molecule has 0 saturated heterocycles. The average Bonchev–Trinajstić information content (AvgIpc) is 2.50. The van der Waals surface area contributed by atoms with Gasteiger partial charge in [0.05, 0.1) is 0 Å². The summed E-state index contributed by atoms with van der Waals surface area (Å²) in [4.78, 5) is 35.9. The first-order chi connectivity index (χ1) is 10.4. The number of nitrogens with zero attached hydrogens (tertiary/aromatic N) is 1. The van der Waals surface area contributed by atoms with E-state index < -0.39 is 12.0 Å². The number of aliphatic carboxylic acids is 1. The van der Waals surface area contributed by atoms with Gasteiger partial charge in [-0.1, -0.05) is 19.1 Å². The normalized spacial score (nSPS) is 11.6. The molecule has 6 nitrogen and oxygen atoms in total. The molecule has 120 valence electrons. The van der Waals surface area contributed by atoms with E-state index in [1.807, 2.05) is 19.1 Å². The van der Waals surface area contributed by atoms with Gasteiger partial charge in [0.25, 0.3) is 5.91 Å². The summed E-state index contributed by atoms with van der Waals surface area (Å²) in [5.74, 6) is -1.66. The van der Waals surface area contributed by atoms with Crippen molar-refractivity contribution in [2.75, 3.05) is 13.1 Å². The van der Waals surface area contributed by atoms with Gasteiger partial charge in [-0.3, -0.25) is 9.59 Å². The first kappa shape index (κ1) is 17.7. The lowest BCUT2D eigenvalue weighted by atomic mass is 10.1. The number of carboxylic acids is 1. The van der Waals surface area contributed by atoms with Crippen molar-refractivity contribution in [3.63, 3.8) is 0 Å². The van der Waals surface area contributed by atoms with Crippen LogP contribution in [-0.2, 0) is 16.0 Å². The second kappa shape index (κ2) is 8.17. The summed E-state index contributed by atoms with van der Waals surface area (Å²) >= 11 is 0. The zero-order valence-electron chi connectivity index (χ0n) is 13.1. The molecule has 2 N–H and O–H groups in total. The van der Waals surface area contributed by atoms with Crippen molar-refractivity contribution in [3.8, 4) is 0 Å². The first-order valence-electron chi connectivity index (χ1n) is 7.24. The molecule has 0 aromatic heterocycles. The third-order valence-electron chi connectivity index (χ3n) is 3.42. The molecule has 0 aliphatic heterocycles. The van der Waals surface area contributed by atoms with Crippen molar-refractivity contribution in [1.29, 1.82) is 0 Å². The molecule has 0 heterocycles. The Morgan fingerprint density at radius 2 is 1.82 bits per heavy atom. The Balaban J connectivity index is 2.89. The summed E-state index contributed by atoms with van der Waals surface area (Å²) < 4.78 is 0. The predicted molar refractivity (Wildman–Crippen MR) is 82.6 cm³/mol. The van der Waals surface area contributed by atoms with E-state index in [4.69, 9.17) is 5.11 Å². The number of amides is 2. The number of carbonyl (C=O) groups is 3. The van der Waals surface area contributed by atoms with Gasteiger partial charge in [0.15, 0.2) is 0 Å². The first-order valence-corrected chi connectivity index (χ1v) is 7.24. The number of nitrogens with one attached hydrogen (secondary N) is 1. The van der Waals surface area contributed by atoms with E-state index in [1.54, 1.807) is 12.1 Å². The molecule has 2 amide bonds. The van der Waals surface area contributed by atoms with E-state index in [0.29, 0.717) is 5.56 Å². The summed E-state index contributed by atoms with van der Waals surface area (Å²) in [5, 5.41) is 11.7. The highest BCUT2D eigenvalue weighted by atomic mass is 16.4. The van der Waals surface area contributed by atoms with E-state index in [-0.39, 0.29) is 24.9 Å². The Bertz CT molecular complexity index is 540. The monoisotopic (exact) mass is 306 g/mol. The molecule has 1 rings (SSSR count).